The molecule has 3 amide bonds. The van der Waals surface area contributed by atoms with Crippen LogP contribution in [0.15, 0.2) is 36.5 Å². The number of nitrogens with zero attached hydrogens (tertiary/aromatic N) is 4. The quantitative estimate of drug-likeness (QED) is 0.208. The van der Waals surface area contributed by atoms with Crippen LogP contribution in [0.3, 0.4) is 0 Å². The number of methoxy groups -OCH3 is 1. The summed E-state index contributed by atoms with van der Waals surface area (Å²) >= 11 is 0. The lowest BCUT2D eigenvalue weighted by atomic mass is 9.86. The number of alkyl carbamates (subject to hydrolysis) is 1. The fourth-order valence-electron chi connectivity index (χ4n) is 8.33. The van der Waals surface area contributed by atoms with Gasteiger partial charge in [-0.3, -0.25) is 9.59 Å². The van der Waals surface area contributed by atoms with Crippen molar-refractivity contribution in [2.45, 2.75) is 90.4 Å². The van der Waals surface area contributed by atoms with Gasteiger partial charge in [-0.05, 0) is 84.9 Å². The number of aryl methyl sites for hydroxylation is 2. The van der Waals surface area contributed by atoms with Crippen molar-refractivity contribution in [3.8, 4) is 39.4 Å². The Kier molecular flexibility index (Phi) is 8.55. The Morgan fingerprint density at radius 3 is 2.51 bits per heavy atom. The predicted octanol–water partition coefficient (Wildman–Crippen LogP) is 6.24. The van der Waals surface area contributed by atoms with Crippen LogP contribution < -0.4 is 10.1 Å². The van der Waals surface area contributed by atoms with Gasteiger partial charge >= 0.3 is 6.09 Å². The fourth-order valence-corrected chi connectivity index (χ4v) is 8.33. The second-order valence-corrected chi connectivity index (χ2v) is 14.4. The summed E-state index contributed by atoms with van der Waals surface area (Å²) in [4.78, 5) is 58.9. The number of likely N-dealkylation sites (tertiary alicyclic amines) is 2. The number of aromatic nitrogens is 4. The minimum atomic E-state index is -0.680. The largest absolute Gasteiger partial charge is 0.488 e. The van der Waals surface area contributed by atoms with Gasteiger partial charge in [-0.15, -0.1) is 0 Å². The topological polar surface area (TPSA) is 146 Å². The smallest absolute Gasteiger partial charge is 0.407 e. The molecule has 2 aromatic carbocycles. The third-order valence-electron chi connectivity index (χ3n) is 11.0. The summed E-state index contributed by atoms with van der Waals surface area (Å²) in [6.07, 6.45) is 7.09. The molecule has 0 bridgehead atoms. The number of nitrogens with one attached hydrogen (secondary N) is 3. The Morgan fingerprint density at radius 1 is 0.961 bits per heavy atom. The van der Waals surface area contributed by atoms with Gasteiger partial charge in [0.05, 0.1) is 36.8 Å². The van der Waals surface area contributed by atoms with Crippen LogP contribution in [-0.2, 0) is 33.8 Å². The van der Waals surface area contributed by atoms with E-state index in [1.165, 1.54) is 12.7 Å². The van der Waals surface area contributed by atoms with Gasteiger partial charge in [-0.1, -0.05) is 32.9 Å². The second kappa shape index (κ2) is 13.2. The van der Waals surface area contributed by atoms with Crippen molar-refractivity contribution in [2.75, 3.05) is 20.2 Å². The molecule has 0 saturated carbocycles. The van der Waals surface area contributed by atoms with Crippen LogP contribution in [0.2, 0.25) is 0 Å². The molecule has 4 aromatic rings. The van der Waals surface area contributed by atoms with E-state index in [2.05, 4.69) is 45.6 Å². The standard InChI is InChI=1S/C39H45N7O5/c1-5-33(47)45-14-6-9-31(45)37-41-28-13-11-22-17-27-25-12-10-23(16-24(25)20-51-32(27)18-26(22)35(28)43-37)29-19-40-36(42-29)30-8-7-15-46(30)38(48)34(21(2)3)44-39(49)50-4/h10,12,16-19,21,30-31,34H,5-9,11,13-15,20H2,1-4H3,(H,40,42)(H,41,43)(H,44,49)/t30-,31-,34-/m0/s1. The van der Waals surface area contributed by atoms with Crippen molar-refractivity contribution in [3.63, 3.8) is 0 Å². The number of amides is 3. The minimum Gasteiger partial charge on any atom is -0.488 e. The Bertz CT molecular complexity index is 2010. The van der Waals surface area contributed by atoms with Crippen molar-refractivity contribution < 1.29 is 23.9 Å². The monoisotopic (exact) mass is 691 g/mol. The Labute approximate surface area is 297 Å². The molecular formula is C39H45N7O5. The van der Waals surface area contributed by atoms with Crippen molar-refractivity contribution in [1.82, 2.24) is 35.1 Å². The Hall–Kier alpha value is -5.13. The fraction of sp³-hybridized carbons (Fsp3) is 0.462. The third kappa shape index (κ3) is 5.84. The molecule has 0 unspecified atom stereocenters. The summed E-state index contributed by atoms with van der Waals surface area (Å²) in [6.45, 7) is 7.58. The van der Waals surface area contributed by atoms with Gasteiger partial charge in [0, 0.05) is 36.3 Å². The zero-order valence-corrected chi connectivity index (χ0v) is 29.7. The van der Waals surface area contributed by atoms with Crippen LogP contribution >= 0.6 is 0 Å². The van der Waals surface area contributed by atoms with E-state index in [0.29, 0.717) is 19.6 Å². The van der Waals surface area contributed by atoms with E-state index in [1.54, 1.807) is 0 Å². The van der Waals surface area contributed by atoms with E-state index in [0.717, 1.165) is 107 Å². The molecule has 0 radical (unpaired) electrons. The van der Waals surface area contributed by atoms with E-state index in [4.69, 9.17) is 19.4 Å². The number of hydrogen-bond donors (Lipinski definition) is 3. The predicted molar refractivity (Wildman–Crippen MR) is 191 cm³/mol. The third-order valence-corrected chi connectivity index (χ3v) is 11.0. The maximum absolute atomic E-state index is 13.6. The summed E-state index contributed by atoms with van der Waals surface area (Å²) in [7, 11) is 1.30. The molecule has 3 N–H and O–H groups in total. The molecule has 0 spiro atoms. The van der Waals surface area contributed by atoms with Gasteiger partial charge in [-0.2, -0.15) is 0 Å². The molecule has 5 heterocycles. The average Bonchev–Trinajstić information content (AvgIpc) is 3.97. The molecule has 3 atom stereocenters. The van der Waals surface area contributed by atoms with E-state index in [1.807, 2.05) is 36.8 Å². The first-order valence-electron chi connectivity index (χ1n) is 18.3. The Balaban J connectivity index is 1.03. The average molecular weight is 692 g/mol. The normalized spacial score (nSPS) is 19.5. The van der Waals surface area contributed by atoms with Crippen LogP contribution in [-0.4, -0.2) is 73.9 Å². The number of imidazole rings is 2. The molecule has 266 valence electrons. The van der Waals surface area contributed by atoms with Crippen LogP contribution in [0.4, 0.5) is 4.79 Å². The maximum atomic E-state index is 13.6. The number of carbonyl (C=O) groups is 3. The number of benzene rings is 2. The minimum absolute atomic E-state index is 0.0135. The number of hydrogen-bond acceptors (Lipinski definition) is 7. The molecule has 2 fully saturated rings. The van der Waals surface area contributed by atoms with Crippen molar-refractivity contribution in [3.05, 3.63) is 65.0 Å². The number of fused-ring (bicyclic) bond motifs is 6. The first kappa shape index (κ1) is 33.0. The van der Waals surface area contributed by atoms with Crippen LogP contribution in [0.5, 0.6) is 5.75 Å². The van der Waals surface area contributed by atoms with Crippen molar-refractivity contribution in [2.24, 2.45) is 5.92 Å². The zero-order valence-electron chi connectivity index (χ0n) is 29.7. The van der Waals surface area contributed by atoms with Gasteiger partial charge in [0.2, 0.25) is 11.8 Å². The first-order valence-corrected chi connectivity index (χ1v) is 18.3. The summed E-state index contributed by atoms with van der Waals surface area (Å²) in [5.74, 6) is 2.44. The lowest BCUT2D eigenvalue weighted by molar-refractivity contribution is -0.135. The second-order valence-electron chi connectivity index (χ2n) is 14.4. The van der Waals surface area contributed by atoms with Crippen molar-refractivity contribution >= 4 is 17.9 Å². The number of aromatic amines is 2. The number of carbonyl (C=O) groups excluding carboxylic acids is 3. The molecule has 12 heteroatoms. The molecule has 3 aliphatic heterocycles. The number of H-pyrrole nitrogens is 2. The number of rotatable bonds is 7. The van der Waals surface area contributed by atoms with E-state index in [-0.39, 0.29) is 29.8 Å². The summed E-state index contributed by atoms with van der Waals surface area (Å²) in [5, 5.41) is 2.71. The summed E-state index contributed by atoms with van der Waals surface area (Å²) in [6, 6.07) is 9.98. The number of ether oxygens (including phenoxy) is 2. The van der Waals surface area contributed by atoms with Crippen LogP contribution in [0.25, 0.3) is 33.6 Å². The lowest BCUT2D eigenvalue weighted by Crippen LogP contribution is -2.51. The molecule has 1 aliphatic carbocycles. The highest BCUT2D eigenvalue weighted by molar-refractivity contribution is 5.87. The Morgan fingerprint density at radius 2 is 1.75 bits per heavy atom. The lowest BCUT2D eigenvalue weighted by Gasteiger charge is -2.30. The maximum Gasteiger partial charge on any atom is 0.407 e. The highest BCUT2D eigenvalue weighted by Gasteiger charge is 2.38. The van der Waals surface area contributed by atoms with E-state index in [9.17, 15) is 14.4 Å². The molecule has 2 aromatic heterocycles. The van der Waals surface area contributed by atoms with Crippen LogP contribution in [0, 0.1) is 5.92 Å². The van der Waals surface area contributed by atoms with Crippen LogP contribution in [0.1, 0.15) is 93.4 Å². The molecule has 4 aliphatic rings. The van der Waals surface area contributed by atoms with Gasteiger partial charge in [0.25, 0.3) is 0 Å². The zero-order chi connectivity index (χ0) is 35.4. The SMILES string of the molecule is CCC(=O)N1CCC[C@H]1c1nc2c([nH]1)CCc1cc3c(cc1-2)OCc1cc(-c2cnc([C@@H]4CCCN4C(=O)[C@@H](NC(=O)OC)C(C)C)[nH]2)ccc1-3. The molecule has 51 heavy (non-hydrogen) atoms. The van der Waals surface area contributed by atoms with Gasteiger partial charge in [0.1, 0.15) is 30.0 Å². The van der Waals surface area contributed by atoms with E-state index < -0.39 is 12.1 Å². The van der Waals surface area contributed by atoms with Gasteiger partial charge in [0.15, 0.2) is 0 Å². The highest BCUT2D eigenvalue weighted by atomic mass is 16.5. The highest BCUT2D eigenvalue weighted by Crippen LogP contribution is 2.45. The molecule has 8 rings (SSSR count). The molecular weight excluding hydrogens is 646 g/mol. The molecule has 12 nitrogen and oxygen atoms in total. The summed E-state index contributed by atoms with van der Waals surface area (Å²) in [5.41, 5.74) is 9.68. The first-order chi connectivity index (χ1) is 24.7. The molecule has 2 saturated heterocycles. The summed E-state index contributed by atoms with van der Waals surface area (Å²) < 4.78 is 11.2. The van der Waals surface area contributed by atoms with Gasteiger partial charge < -0.3 is 34.6 Å². The van der Waals surface area contributed by atoms with Gasteiger partial charge in [-0.25, -0.2) is 14.8 Å². The van der Waals surface area contributed by atoms with Crippen molar-refractivity contribution in [1.29, 1.82) is 0 Å². The van der Waals surface area contributed by atoms with E-state index >= 15 is 0 Å².